The van der Waals surface area contributed by atoms with Crippen molar-refractivity contribution in [2.24, 2.45) is 0 Å². The average Bonchev–Trinajstić information content (AvgIpc) is 3.39. The lowest BCUT2D eigenvalue weighted by atomic mass is 10.1. The van der Waals surface area contributed by atoms with E-state index in [1.807, 2.05) is 6.07 Å². The molecular formula is C19H24N4O2S2. The van der Waals surface area contributed by atoms with Gasteiger partial charge in [-0.2, -0.15) is 0 Å². The molecule has 3 rings (SSSR count). The summed E-state index contributed by atoms with van der Waals surface area (Å²) < 4.78 is 7.33. The van der Waals surface area contributed by atoms with E-state index < -0.39 is 0 Å². The number of nitrogens with one attached hydrogen (secondary N) is 1. The third-order valence-electron chi connectivity index (χ3n) is 3.98. The van der Waals surface area contributed by atoms with E-state index in [0.29, 0.717) is 18.2 Å². The van der Waals surface area contributed by atoms with Crippen molar-refractivity contribution in [3.8, 4) is 11.4 Å². The molecule has 0 unspecified atom stereocenters. The number of rotatable bonds is 9. The van der Waals surface area contributed by atoms with Crippen molar-refractivity contribution < 1.29 is 9.21 Å². The zero-order valence-electron chi connectivity index (χ0n) is 15.8. The number of carbonyl (C=O) groups excluding carboxylic acids is 1. The highest BCUT2D eigenvalue weighted by Crippen LogP contribution is 2.31. The van der Waals surface area contributed by atoms with Crippen LogP contribution in [0.3, 0.4) is 0 Å². The van der Waals surface area contributed by atoms with Crippen molar-refractivity contribution in [2.75, 3.05) is 5.75 Å². The van der Waals surface area contributed by atoms with Gasteiger partial charge in [0.2, 0.25) is 5.91 Å². The van der Waals surface area contributed by atoms with Gasteiger partial charge < -0.3 is 14.3 Å². The van der Waals surface area contributed by atoms with Crippen LogP contribution in [0.5, 0.6) is 0 Å². The predicted octanol–water partition coefficient (Wildman–Crippen LogP) is 4.54. The lowest BCUT2D eigenvalue weighted by molar-refractivity contribution is -0.118. The Morgan fingerprint density at radius 2 is 2.26 bits per heavy atom. The monoisotopic (exact) mass is 404 g/mol. The maximum Gasteiger partial charge on any atom is 0.230 e. The molecule has 0 aliphatic heterocycles. The van der Waals surface area contributed by atoms with Crippen molar-refractivity contribution in [3.63, 3.8) is 0 Å². The predicted molar refractivity (Wildman–Crippen MR) is 109 cm³/mol. The first-order valence-corrected chi connectivity index (χ1v) is 10.9. The van der Waals surface area contributed by atoms with Crippen molar-refractivity contribution in [1.29, 1.82) is 0 Å². The normalized spacial score (nSPS) is 11.3. The molecule has 3 heterocycles. The van der Waals surface area contributed by atoms with Gasteiger partial charge in [-0.1, -0.05) is 32.5 Å². The Hall–Kier alpha value is -2.06. The topological polar surface area (TPSA) is 73.0 Å². The molecule has 0 atom stereocenters. The molecule has 27 heavy (non-hydrogen) atoms. The smallest absolute Gasteiger partial charge is 0.230 e. The second-order valence-electron chi connectivity index (χ2n) is 6.50. The van der Waals surface area contributed by atoms with Gasteiger partial charge in [0.05, 0.1) is 18.6 Å². The van der Waals surface area contributed by atoms with Crippen LogP contribution < -0.4 is 5.32 Å². The van der Waals surface area contributed by atoms with Crippen molar-refractivity contribution in [2.45, 2.75) is 51.4 Å². The molecule has 6 nitrogen and oxygen atoms in total. The minimum atomic E-state index is -0.0541. The highest BCUT2D eigenvalue weighted by molar-refractivity contribution is 7.99. The first-order valence-electron chi connectivity index (χ1n) is 9.02. The number of thiophene rings is 1. The van der Waals surface area contributed by atoms with Crippen molar-refractivity contribution in [3.05, 3.63) is 40.5 Å². The van der Waals surface area contributed by atoms with Crippen LogP contribution in [0.25, 0.3) is 11.4 Å². The van der Waals surface area contributed by atoms with Gasteiger partial charge in [-0.15, -0.1) is 21.5 Å². The molecule has 144 valence electrons. The quantitative estimate of drug-likeness (QED) is 0.530. The lowest BCUT2D eigenvalue weighted by Crippen LogP contribution is -2.24. The van der Waals surface area contributed by atoms with Gasteiger partial charge in [0, 0.05) is 22.4 Å². The standard InChI is InChI=1S/C19H24N4O2S2/c1-4-7-23-18(14-9-16(13(2)3)26-11-14)21-22-19(23)27-12-17(24)20-10-15-6-5-8-25-15/h5-6,8-9,11,13H,4,7,10,12H2,1-3H3,(H,20,24). The van der Waals surface area contributed by atoms with Crippen molar-refractivity contribution in [1.82, 2.24) is 20.1 Å². The van der Waals surface area contributed by atoms with E-state index in [4.69, 9.17) is 4.42 Å². The summed E-state index contributed by atoms with van der Waals surface area (Å²) in [5.41, 5.74) is 1.10. The molecule has 1 N–H and O–H groups in total. The third kappa shape index (κ3) is 5.01. The molecule has 0 radical (unpaired) electrons. The molecule has 0 spiro atoms. The highest BCUT2D eigenvalue weighted by Gasteiger charge is 2.17. The summed E-state index contributed by atoms with van der Waals surface area (Å²) in [4.78, 5) is 13.4. The third-order valence-corrected chi connectivity index (χ3v) is 6.18. The minimum absolute atomic E-state index is 0.0541. The van der Waals surface area contributed by atoms with Crippen LogP contribution in [0.1, 0.15) is 43.7 Å². The van der Waals surface area contributed by atoms with E-state index in [0.717, 1.165) is 35.3 Å². The fourth-order valence-electron chi connectivity index (χ4n) is 2.59. The first kappa shape index (κ1) is 19.7. The van der Waals surface area contributed by atoms with E-state index in [1.165, 1.54) is 16.6 Å². The molecule has 0 saturated carbocycles. The number of amides is 1. The molecule has 1 amide bonds. The first-order chi connectivity index (χ1) is 13.1. The number of hydrogen-bond acceptors (Lipinski definition) is 6. The summed E-state index contributed by atoms with van der Waals surface area (Å²) in [5.74, 6) is 2.35. The largest absolute Gasteiger partial charge is 0.467 e. The minimum Gasteiger partial charge on any atom is -0.467 e. The second-order valence-corrected chi connectivity index (χ2v) is 8.38. The number of carbonyl (C=O) groups is 1. The van der Waals surface area contributed by atoms with E-state index in [2.05, 4.69) is 52.3 Å². The van der Waals surface area contributed by atoms with Crippen LogP contribution in [0.2, 0.25) is 0 Å². The lowest BCUT2D eigenvalue weighted by Gasteiger charge is -2.08. The molecule has 0 aliphatic rings. The zero-order valence-corrected chi connectivity index (χ0v) is 17.4. The Morgan fingerprint density at radius 3 is 2.93 bits per heavy atom. The van der Waals surface area contributed by atoms with Gasteiger partial charge in [-0.05, 0) is 30.5 Å². The Balaban J connectivity index is 1.66. The molecule has 8 heteroatoms. The van der Waals surface area contributed by atoms with E-state index in [1.54, 1.807) is 23.7 Å². The molecule has 0 bridgehead atoms. The fraction of sp³-hybridized carbons (Fsp3) is 0.421. The van der Waals surface area contributed by atoms with Gasteiger partial charge in [0.1, 0.15) is 5.76 Å². The highest BCUT2D eigenvalue weighted by atomic mass is 32.2. The summed E-state index contributed by atoms with van der Waals surface area (Å²) in [6.07, 6.45) is 2.57. The maximum absolute atomic E-state index is 12.1. The van der Waals surface area contributed by atoms with E-state index >= 15 is 0 Å². The second kappa shape index (κ2) is 9.23. The van der Waals surface area contributed by atoms with Crippen LogP contribution in [0.15, 0.2) is 39.4 Å². The van der Waals surface area contributed by atoms with Gasteiger partial charge >= 0.3 is 0 Å². The van der Waals surface area contributed by atoms with Crippen molar-refractivity contribution >= 4 is 29.0 Å². The van der Waals surface area contributed by atoms with Gasteiger partial charge in [-0.3, -0.25) is 4.79 Å². The summed E-state index contributed by atoms with van der Waals surface area (Å²) in [6.45, 7) is 7.73. The average molecular weight is 405 g/mol. The summed E-state index contributed by atoms with van der Waals surface area (Å²) >= 11 is 3.16. The van der Waals surface area contributed by atoms with Crippen LogP contribution in [0, 0.1) is 0 Å². The van der Waals surface area contributed by atoms with Crippen LogP contribution in [-0.2, 0) is 17.9 Å². The molecular weight excluding hydrogens is 380 g/mol. The molecule has 0 saturated heterocycles. The summed E-state index contributed by atoms with van der Waals surface area (Å²) in [5, 5.41) is 14.5. The fourth-order valence-corrected chi connectivity index (χ4v) is 4.29. The zero-order chi connectivity index (χ0) is 19.2. The van der Waals surface area contributed by atoms with Gasteiger partial charge in [0.15, 0.2) is 11.0 Å². The number of furan rings is 1. The maximum atomic E-state index is 12.1. The number of hydrogen-bond donors (Lipinski definition) is 1. The Morgan fingerprint density at radius 1 is 1.41 bits per heavy atom. The van der Waals surface area contributed by atoms with E-state index in [9.17, 15) is 4.79 Å². The van der Waals surface area contributed by atoms with Gasteiger partial charge in [-0.25, -0.2) is 0 Å². The number of aromatic nitrogens is 3. The molecule has 0 aromatic carbocycles. The summed E-state index contributed by atoms with van der Waals surface area (Å²) in [6, 6.07) is 5.83. The van der Waals surface area contributed by atoms with Crippen LogP contribution >= 0.6 is 23.1 Å². The number of thioether (sulfide) groups is 1. The van der Waals surface area contributed by atoms with Crippen LogP contribution in [0.4, 0.5) is 0 Å². The Labute approximate surface area is 167 Å². The summed E-state index contributed by atoms with van der Waals surface area (Å²) in [7, 11) is 0. The Kier molecular flexibility index (Phi) is 6.73. The SMILES string of the molecule is CCCn1c(SCC(=O)NCc2ccco2)nnc1-c1csc(C(C)C)c1. The van der Waals surface area contributed by atoms with Gasteiger partial charge in [0.25, 0.3) is 0 Å². The van der Waals surface area contributed by atoms with E-state index in [-0.39, 0.29) is 5.91 Å². The molecule has 0 aliphatic carbocycles. The molecule has 3 aromatic heterocycles. The number of nitrogens with zero attached hydrogens (tertiary/aromatic N) is 3. The molecule has 3 aromatic rings. The Bertz CT molecular complexity index is 868. The van der Waals surface area contributed by atoms with Crippen LogP contribution in [-0.4, -0.2) is 26.4 Å². The molecule has 0 fully saturated rings.